The van der Waals surface area contributed by atoms with E-state index in [1.165, 1.54) is 0 Å². The predicted molar refractivity (Wildman–Crippen MR) is 45.6 cm³/mol. The molecule has 12 heavy (non-hydrogen) atoms. The number of furan rings is 1. The van der Waals surface area contributed by atoms with Crippen molar-refractivity contribution in [3.63, 3.8) is 0 Å². The van der Waals surface area contributed by atoms with Gasteiger partial charge in [0.1, 0.15) is 5.76 Å². The summed E-state index contributed by atoms with van der Waals surface area (Å²) in [6.07, 6.45) is 3.65. The van der Waals surface area contributed by atoms with Crippen LogP contribution in [-0.2, 0) is 7.05 Å². The molecule has 0 aliphatic carbocycles. The molecule has 0 aromatic carbocycles. The van der Waals surface area contributed by atoms with E-state index in [1.54, 1.807) is 6.20 Å². The molecule has 0 amide bonds. The van der Waals surface area contributed by atoms with Gasteiger partial charge in [0.2, 0.25) is 0 Å². The fraction of sp³-hybridized carbons (Fsp3) is 0.222. The molecular formula is C9H10N2O. The number of hydrogen-bond acceptors (Lipinski definition) is 2. The number of imidazole rings is 1. The highest BCUT2D eigenvalue weighted by Gasteiger charge is 2.05. The van der Waals surface area contributed by atoms with E-state index < -0.39 is 0 Å². The van der Waals surface area contributed by atoms with Crippen LogP contribution in [0.5, 0.6) is 0 Å². The Morgan fingerprint density at radius 2 is 2.25 bits per heavy atom. The lowest BCUT2D eigenvalue weighted by Gasteiger charge is -1.95. The third-order valence-corrected chi connectivity index (χ3v) is 1.78. The van der Waals surface area contributed by atoms with Gasteiger partial charge in [-0.15, -0.1) is 0 Å². The maximum atomic E-state index is 5.43. The molecule has 2 aromatic rings. The molecule has 0 saturated heterocycles. The number of aromatic nitrogens is 2. The Hall–Kier alpha value is -1.51. The number of aryl methyl sites for hydroxylation is 2. The average molecular weight is 162 g/mol. The molecule has 2 rings (SSSR count). The molecule has 0 N–H and O–H groups in total. The Bertz CT molecular complexity index is 387. The zero-order valence-corrected chi connectivity index (χ0v) is 7.11. The molecule has 3 nitrogen and oxygen atoms in total. The third kappa shape index (κ3) is 1.03. The molecule has 0 bridgehead atoms. The number of hydrogen-bond donors (Lipinski definition) is 0. The molecule has 3 heteroatoms. The minimum Gasteiger partial charge on any atom is -0.458 e. The van der Waals surface area contributed by atoms with Crippen molar-refractivity contribution < 1.29 is 4.42 Å². The van der Waals surface area contributed by atoms with E-state index in [0.29, 0.717) is 0 Å². The molecule has 2 aromatic heterocycles. The van der Waals surface area contributed by atoms with E-state index in [-0.39, 0.29) is 0 Å². The second-order valence-electron chi connectivity index (χ2n) is 2.77. The van der Waals surface area contributed by atoms with Gasteiger partial charge in [-0.2, -0.15) is 0 Å². The van der Waals surface area contributed by atoms with Gasteiger partial charge in [-0.05, 0) is 19.1 Å². The van der Waals surface area contributed by atoms with Crippen LogP contribution in [0, 0.1) is 6.92 Å². The van der Waals surface area contributed by atoms with Gasteiger partial charge in [-0.25, -0.2) is 4.98 Å². The Labute approximate surface area is 70.7 Å². The van der Waals surface area contributed by atoms with Gasteiger partial charge in [0, 0.05) is 19.4 Å². The maximum absolute atomic E-state index is 5.43. The monoisotopic (exact) mass is 162 g/mol. The van der Waals surface area contributed by atoms with E-state index >= 15 is 0 Å². The van der Waals surface area contributed by atoms with Gasteiger partial charge in [0.25, 0.3) is 0 Å². The SMILES string of the molecule is Cc1ccc(-c2nccn2C)o1. The fourth-order valence-electron chi connectivity index (χ4n) is 1.16. The van der Waals surface area contributed by atoms with Gasteiger partial charge >= 0.3 is 0 Å². The molecule has 0 radical (unpaired) electrons. The zero-order valence-electron chi connectivity index (χ0n) is 7.11. The van der Waals surface area contributed by atoms with Crippen LogP contribution in [-0.4, -0.2) is 9.55 Å². The average Bonchev–Trinajstić information content (AvgIpc) is 2.58. The lowest BCUT2D eigenvalue weighted by atomic mass is 10.4. The summed E-state index contributed by atoms with van der Waals surface area (Å²) < 4.78 is 7.35. The van der Waals surface area contributed by atoms with Crippen LogP contribution in [0.1, 0.15) is 5.76 Å². The summed E-state index contributed by atoms with van der Waals surface area (Å²) in [5.74, 6) is 2.59. The topological polar surface area (TPSA) is 31.0 Å². The second kappa shape index (κ2) is 2.52. The molecule has 0 aliphatic rings. The number of nitrogens with zero attached hydrogens (tertiary/aromatic N) is 2. The first kappa shape index (κ1) is 7.16. The quantitative estimate of drug-likeness (QED) is 0.642. The second-order valence-corrected chi connectivity index (χ2v) is 2.77. The van der Waals surface area contributed by atoms with Crippen molar-refractivity contribution in [2.75, 3.05) is 0 Å². The largest absolute Gasteiger partial charge is 0.458 e. The maximum Gasteiger partial charge on any atom is 0.175 e. The fourth-order valence-corrected chi connectivity index (χ4v) is 1.16. The van der Waals surface area contributed by atoms with Crippen molar-refractivity contribution in [3.8, 4) is 11.6 Å². The molecule has 0 saturated carbocycles. The van der Waals surface area contributed by atoms with Crippen LogP contribution in [0.4, 0.5) is 0 Å². The first-order valence-electron chi connectivity index (χ1n) is 3.81. The zero-order chi connectivity index (χ0) is 8.55. The van der Waals surface area contributed by atoms with Crippen molar-refractivity contribution in [2.45, 2.75) is 6.92 Å². The summed E-state index contributed by atoms with van der Waals surface area (Å²) in [4.78, 5) is 4.17. The normalized spacial score (nSPS) is 10.5. The van der Waals surface area contributed by atoms with Crippen LogP contribution < -0.4 is 0 Å². The van der Waals surface area contributed by atoms with Crippen molar-refractivity contribution in [1.82, 2.24) is 9.55 Å². The number of rotatable bonds is 1. The predicted octanol–water partition coefficient (Wildman–Crippen LogP) is 1.99. The van der Waals surface area contributed by atoms with E-state index in [0.717, 1.165) is 17.3 Å². The van der Waals surface area contributed by atoms with E-state index in [9.17, 15) is 0 Å². The van der Waals surface area contributed by atoms with Crippen LogP contribution >= 0.6 is 0 Å². The molecule has 0 aliphatic heterocycles. The molecule has 0 unspecified atom stereocenters. The van der Waals surface area contributed by atoms with Crippen molar-refractivity contribution in [3.05, 3.63) is 30.3 Å². The van der Waals surface area contributed by atoms with Gasteiger partial charge in [-0.1, -0.05) is 0 Å². The first-order chi connectivity index (χ1) is 5.77. The van der Waals surface area contributed by atoms with E-state index in [1.807, 2.05) is 36.9 Å². The highest BCUT2D eigenvalue weighted by atomic mass is 16.3. The Morgan fingerprint density at radius 3 is 2.75 bits per heavy atom. The summed E-state index contributed by atoms with van der Waals surface area (Å²) in [6, 6.07) is 3.86. The van der Waals surface area contributed by atoms with E-state index in [2.05, 4.69) is 4.98 Å². The summed E-state index contributed by atoms with van der Waals surface area (Å²) >= 11 is 0. The smallest absolute Gasteiger partial charge is 0.175 e. The Balaban J connectivity index is 2.50. The Kier molecular flexibility index (Phi) is 1.50. The molecule has 2 heterocycles. The molecule has 0 spiro atoms. The molecule has 0 atom stereocenters. The Morgan fingerprint density at radius 1 is 1.42 bits per heavy atom. The minimum absolute atomic E-state index is 0.819. The molecule has 0 fully saturated rings. The summed E-state index contributed by atoms with van der Waals surface area (Å²) in [7, 11) is 1.94. The lowest BCUT2D eigenvalue weighted by Crippen LogP contribution is -1.88. The van der Waals surface area contributed by atoms with Gasteiger partial charge in [0.05, 0.1) is 0 Å². The van der Waals surface area contributed by atoms with Crippen molar-refractivity contribution in [2.24, 2.45) is 7.05 Å². The standard InChI is InChI=1S/C9H10N2O/c1-7-3-4-8(12-7)9-10-5-6-11(9)2/h3-6H,1-2H3. The highest BCUT2D eigenvalue weighted by Crippen LogP contribution is 2.18. The van der Waals surface area contributed by atoms with Gasteiger partial charge in [0.15, 0.2) is 11.6 Å². The summed E-state index contributed by atoms with van der Waals surface area (Å²) in [5, 5.41) is 0. The van der Waals surface area contributed by atoms with Gasteiger partial charge < -0.3 is 8.98 Å². The van der Waals surface area contributed by atoms with Crippen LogP contribution in [0.3, 0.4) is 0 Å². The third-order valence-electron chi connectivity index (χ3n) is 1.78. The summed E-state index contributed by atoms with van der Waals surface area (Å²) in [5.41, 5.74) is 0. The molecule has 62 valence electrons. The van der Waals surface area contributed by atoms with Crippen LogP contribution in [0.2, 0.25) is 0 Å². The van der Waals surface area contributed by atoms with Crippen LogP contribution in [0.25, 0.3) is 11.6 Å². The first-order valence-corrected chi connectivity index (χ1v) is 3.81. The van der Waals surface area contributed by atoms with Crippen molar-refractivity contribution in [1.29, 1.82) is 0 Å². The summed E-state index contributed by atoms with van der Waals surface area (Å²) in [6.45, 7) is 1.92. The van der Waals surface area contributed by atoms with Crippen molar-refractivity contribution >= 4 is 0 Å². The lowest BCUT2D eigenvalue weighted by molar-refractivity contribution is 0.541. The molecular weight excluding hydrogens is 152 g/mol. The minimum atomic E-state index is 0.819. The van der Waals surface area contributed by atoms with Gasteiger partial charge in [-0.3, -0.25) is 0 Å². The highest BCUT2D eigenvalue weighted by molar-refractivity contribution is 5.47. The van der Waals surface area contributed by atoms with Crippen LogP contribution in [0.15, 0.2) is 28.9 Å². The van der Waals surface area contributed by atoms with E-state index in [4.69, 9.17) is 4.42 Å².